The van der Waals surface area contributed by atoms with E-state index in [2.05, 4.69) is 19.2 Å². The Morgan fingerprint density at radius 1 is 0.466 bits per heavy atom. The number of allylic oxidation sites excluding steroid dienone is 1. The van der Waals surface area contributed by atoms with Gasteiger partial charge in [-0.1, -0.05) is 251 Å². The molecule has 58 heavy (non-hydrogen) atoms. The molecule has 0 bridgehead atoms. The van der Waals surface area contributed by atoms with Gasteiger partial charge in [-0.3, -0.25) is 9.59 Å². The van der Waals surface area contributed by atoms with E-state index in [9.17, 15) is 19.8 Å². The highest BCUT2D eigenvalue weighted by atomic mass is 16.5. The predicted molar refractivity (Wildman–Crippen MR) is 250 cm³/mol. The number of hydrogen-bond acceptors (Lipinski definition) is 5. The van der Waals surface area contributed by atoms with Crippen molar-refractivity contribution in [3.8, 4) is 0 Å². The molecule has 0 aliphatic carbocycles. The predicted octanol–water partition coefficient (Wildman–Crippen LogP) is 15.3. The number of carbonyl (C=O) groups is 2. The zero-order valence-electron chi connectivity index (χ0n) is 39.0. The number of rotatable bonds is 48. The van der Waals surface area contributed by atoms with E-state index in [1.165, 1.54) is 199 Å². The summed E-state index contributed by atoms with van der Waals surface area (Å²) in [4.78, 5) is 24.4. The topological polar surface area (TPSA) is 95.9 Å². The number of ether oxygens (including phenoxy) is 1. The Balaban J connectivity index is 3.49. The van der Waals surface area contributed by atoms with Crippen molar-refractivity contribution >= 4 is 11.9 Å². The number of esters is 1. The molecular weight excluding hydrogens is 719 g/mol. The van der Waals surface area contributed by atoms with Crippen molar-refractivity contribution in [1.29, 1.82) is 0 Å². The molecule has 6 nitrogen and oxygen atoms in total. The molecule has 0 aromatic rings. The maximum Gasteiger partial charge on any atom is 0.305 e. The Hall–Kier alpha value is -1.40. The smallest absolute Gasteiger partial charge is 0.305 e. The molecule has 3 N–H and O–H groups in total. The number of aliphatic hydroxyl groups excluding tert-OH is 2. The monoisotopic (exact) mass is 820 g/mol. The first kappa shape index (κ1) is 56.6. The largest absolute Gasteiger partial charge is 0.466 e. The summed E-state index contributed by atoms with van der Waals surface area (Å²) in [5.41, 5.74) is 0. The van der Waals surface area contributed by atoms with Gasteiger partial charge >= 0.3 is 5.97 Å². The second-order valence-corrected chi connectivity index (χ2v) is 17.9. The third-order valence-corrected chi connectivity index (χ3v) is 12.1. The second-order valence-electron chi connectivity index (χ2n) is 17.9. The van der Waals surface area contributed by atoms with Gasteiger partial charge in [0.15, 0.2) is 0 Å². The van der Waals surface area contributed by atoms with Crippen LogP contribution in [0, 0.1) is 0 Å². The SMILES string of the molecule is CCCCCCCCCCCCCCCC/C=C/C(O)C(CO)NC(=O)CCCCCCCCCCCCCCCOC(=O)CCCCCCCCCCCCCC. The molecule has 0 spiro atoms. The molecular formula is C52H101NO5. The van der Waals surface area contributed by atoms with Crippen LogP contribution in [0.5, 0.6) is 0 Å². The lowest BCUT2D eigenvalue weighted by Crippen LogP contribution is -2.45. The standard InChI is InChI=1S/C52H101NO5/c1-3-5-7-9-11-13-15-17-18-19-21-24-28-32-36-40-44-50(55)49(48-54)53-51(56)45-41-37-33-29-25-22-20-23-27-31-35-39-43-47-58-52(57)46-42-38-34-30-26-16-14-12-10-8-6-4-2/h40,44,49-50,54-55H,3-39,41-43,45-48H2,1-2H3,(H,53,56)/b44-40+. The first-order valence-corrected chi connectivity index (χ1v) is 26.0. The summed E-state index contributed by atoms with van der Waals surface area (Å²) < 4.78 is 5.45. The first-order valence-electron chi connectivity index (χ1n) is 26.0. The van der Waals surface area contributed by atoms with Gasteiger partial charge in [-0.15, -0.1) is 0 Å². The molecule has 0 aliphatic rings. The minimum Gasteiger partial charge on any atom is -0.466 e. The van der Waals surface area contributed by atoms with Gasteiger partial charge in [0, 0.05) is 12.8 Å². The summed E-state index contributed by atoms with van der Waals surface area (Å²) in [6.07, 6.45) is 54.9. The molecule has 1 amide bonds. The zero-order chi connectivity index (χ0) is 42.3. The van der Waals surface area contributed by atoms with Crippen molar-refractivity contribution in [3.05, 3.63) is 12.2 Å². The van der Waals surface area contributed by atoms with Crippen molar-refractivity contribution in [2.24, 2.45) is 0 Å². The van der Waals surface area contributed by atoms with Gasteiger partial charge in [-0.05, 0) is 32.1 Å². The van der Waals surface area contributed by atoms with E-state index in [1.54, 1.807) is 6.08 Å². The van der Waals surface area contributed by atoms with E-state index >= 15 is 0 Å². The molecule has 6 heteroatoms. The number of unbranched alkanes of at least 4 members (excludes halogenated alkanes) is 37. The number of nitrogens with one attached hydrogen (secondary N) is 1. The van der Waals surface area contributed by atoms with E-state index in [0.717, 1.165) is 57.8 Å². The summed E-state index contributed by atoms with van der Waals surface area (Å²) in [6.45, 7) is 4.88. The van der Waals surface area contributed by atoms with E-state index in [4.69, 9.17) is 4.74 Å². The van der Waals surface area contributed by atoms with Gasteiger partial charge in [-0.25, -0.2) is 0 Å². The van der Waals surface area contributed by atoms with Crippen LogP contribution in [-0.4, -0.2) is 47.4 Å². The van der Waals surface area contributed by atoms with Crippen LogP contribution >= 0.6 is 0 Å². The average molecular weight is 820 g/mol. The fourth-order valence-corrected chi connectivity index (χ4v) is 8.05. The number of hydrogen-bond donors (Lipinski definition) is 3. The van der Waals surface area contributed by atoms with E-state index in [1.807, 2.05) is 6.08 Å². The zero-order valence-corrected chi connectivity index (χ0v) is 39.0. The van der Waals surface area contributed by atoms with E-state index < -0.39 is 12.1 Å². The minimum absolute atomic E-state index is 0.00598. The Bertz CT molecular complexity index is 863. The number of amides is 1. The summed E-state index contributed by atoms with van der Waals surface area (Å²) in [6, 6.07) is -0.636. The molecule has 0 aromatic carbocycles. The number of carbonyl (C=O) groups excluding carboxylic acids is 2. The molecule has 0 fully saturated rings. The number of aliphatic hydroxyl groups is 2. The quantitative estimate of drug-likeness (QED) is 0.0323. The Kier molecular flexibility index (Phi) is 47.1. The normalized spacial score (nSPS) is 12.7. The van der Waals surface area contributed by atoms with Gasteiger partial charge in [0.1, 0.15) is 0 Å². The lowest BCUT2D eigenvalue weighted by atomic mass is 10.0. The van der Waals surface area contributed by atoms with Gasteiger partial charge in [0.2, 0.25) is 5.91 Å². The molecule has 0 radical (unpaired) electrons. The van der Waals surface area contributed by atoms with Crippen LogP contribution < -0.4 is 5.32 Å². The van der Waals surface area contributed by atoms with Gasteiger partial charge in [-0.2, -0.15) is 0 Å². The van der Waals surface area contributed by atoms with Crippen molar-refractivity contribution in [2.45, 2.75) is 296 Å². The van der Waals surface area contributed by atoms with Crippen molar-refractivity contribution < 1.29 is 24.5 Å². The van der Waals surface area contributed by atoms with Crippen LogP contribution in [-0.2, 0) is 14.3 Å². The van der Waals surface area contributed by atoms with Crippen molar-refractivity contribution in [1.82, 2.24) is 5.32 Å². The second kappa shape index (κ2) is 48.3. The van der Waals surface area contributed by atoms with Crippen LogP contribution in [0.15, 0.2) is 12.2 Å². The molecule has 0 saturated carbocycles. The van der Waals surface area contributed by atoms with Crippen LogP contribution in [0.4, 0.5) is 0 Å². The van der Waals surface area contributed by atoms with Crippen molar-refractivity contribution in [3.63, 3.8) is 0 Å². The van der Waals surface area contributed by atoms with Crippen LogP contribution in [0.2, 0.25) is 0 Å². The van der Waals surface area contributed by atoms with E-state index in [-0.39, 0.29) is 18.5 Å². The third kappa shape index (κ3) is 44.2. The Morgan fingerprint density at radius 2 is 0.793 bits per heavy atom. The highest BCUT2D eigenvalue weighted by Crippen LogP contribution is 2.16. The first-order chi connectivity index (χ1) is 28.5. The summed E-state index contributed by atoms with van der Waals surface area (Å²) >= 11 is 0. The lowest BCUT2D eigenvalue weighted by Gasteiger charge is -2.20. The van der Waals surface area contributed by atoms with Crippen molar-refractivity contribution in [2.75, 3.05) is 13.2 Å². The molecule has 0 rings (SSSR count). The molecule has 2 unspecified atom stereocenters. The highest BCUT2D eigenvalue weighted by molar-refractivity contribution is 5.76. The Labute approximate surface area is 361 Å². The van der Waals surface area contributed by atoms with E-state index in [0.29, 0.717) is 19.4 Å². The van der Waals surface area contributed by atoms with Crippen LogP contribution in [0.25, 0.3) is 0 Å². The maximum absolute atomic E-state index is 12.4. The molecule has 344 valence electrons. The van der Waals surface area contributed by atoms with Gasteiger partial charge in [0.05, 0.1) is 25.4 Å². The summed E-state index contributed by atoms with van der Waals surface area (Å²) in [7, 11) is 0. The van der Waals surface area contributed by atoms with Crippen LogP contribution in [0.3, 0.4) is 0 Å². The fraction of sp³-hybridized carbons (Fsp3) is 0.923. The van der Waals surface area contributed by atoms with Gasteiger partial charge < -0.3 is 20.3 Å². The molecule has 0 heterocycles. The molecule has 2 atom stereocenters. The Morgan fingerprint density at radius 3 is 1.17 bits per heavy atom. The average Bonchev–Trinajstić information content (AvgIpc) is 3.22. The fourth-order valence-electron chi connectivity index (χ4n) is 8.05. The molecule has 0 aliphatic heterocycles. The van der Waals surface area contributed by atoms with Crippen LogP contribution in [0.1, 0.15) is 284 Å². The molecule has 0 aromatic heterocycles. The maximum atomic E-state index is 12.4. The lowest BCUT2D eigenvalue weighted by molar-refractivity contribution is -0.143. The summed E-state index contributed by atoms with van der Waals surface area (Å²) in [5, 5.41) is 23.1. The third-order valence-electron chi connectivity index (χ3n) is 12.1. The highest BCUT2D eigenvalue weighted by Gasteiger charge is 2.18. The summed E-state index contributed by atoms with van der Waals surface area (Å²) in [5.74, 6) is -0.0851. The molecule has 0 saturated heterocycles. The van der Waals surface area contributed by atoms with Gasteiger partial charge in [0.25, 0.3) is 0 Å². The minimum atomic E-state index is -0.851.